The van der Waals surface area contributed by atoms with E-state index in [1.54, 1.807) is 0 Å². The summed E-state index contributed by atoms with van der Waals surface area (Å²) >= 11 is 0. The molecule has 7 heteroatoms. The van der Waals surface area contributed by atoms with Gasteiger partial charge in [-0.05, 0) is 58.0 Å². The Morgan fingerprint density at radius 3 is 2.75 bits per heavy atom. The lowest BCUT2D eigenvalue weighted by Gasteiger charge is -2.32. The molecule has 6 nitrogen and oxygen atoms in total. The molecule has 0 aliphatic carbocycles. The molecule has 0 aromatic carbocycles. The maximum Gasteiger partial charge on any atom is 0.276 e. The number of hydrogen-bond donors (Lipinski definition) is 1. The summed E-state index contributed by atoms with van der Waals surface area (Å²) in [5.41, 5.74) is 1.49. The largest absolute Gasteiger partial charge is 0.337 e. The van der Waals surface area contributed by atoms with Crippen LogP contribution in [0.25, 0.3) is 0 Å². The van der Waals surface area contributed by atoms with Crippen molar-refractivity contribution in [3.8, 4) is 0 Å². The number of likely N-dealkylation sites (tertiary alicyclic amines) is 1. The number of hydrogen-bond acceptors (Lipinski definition) is 4. The minimum atomic E-state index is 0. The fraction of sp³-hybridized carbons (Fsp3) is 0.824. The second kappa shape index (κ2) is 8.81. The summed E-state index contributed by atoms with van der Waals surface area (Å²) in [5.74, 6) is 0.723. The molecule has 2 aliphatic rings. The zero-order valence-corrected chi connectivity index (χ0v) is 15.6. The maximum absolute atomic E-state index is 12.9. The van der Waals surface area contributed by atoms with E-state index in [-0.39, 0.29) is 18.3 Å². The normalized spacial score (nSPS) is 22.2. The molecule has 2 fully saturated rings. The topological polar surface area (TPSA) is 63.1 Å². The van der Waals surface area contributed by atoms with Gasteiger partial charge in [-0.3, -0.25) is 4.79 Å². The van der Waals surface area contributed by atoms with Gasteiger partial charge in [0, 0.05) is 13.1 Å². The SMILES string of the molecule is CCCC1CCCN(C(=O)c2nnn(C3CCNCC3)c2C)C1.Cl. The molecule has 136 valence electrons. The third kappa shape index (κ3) is 4.09. The van der Waals surface area contributed by atoms with Crippen LogP contribution in [0, 0.1) is 12.8 Å². The molecular formula is C17H30ClN5O. The van der Waals surface area contributed by atoms with Crippen molar-refractivity contribution >= 4 is 18.3 Å². The van der Waals surface area contributed by atoms with Crippen molar-refractivity contribution in [2.24, 2.45) is 5.92 Å². The number of nitrogens with one attached hydrogen (secondary N) is 1. The molecule has 1 N–H and O–H groups in total. The van der Waals surface area contributed by atoms with Crippen LogP contribution in [0.5, 0.6) is 0 Å². The lowest BCUT2D eigenvalue weighted by Crippen LogP contribution is -2.40. The predicted molar refractivity (Wildman–Crippen MR) is 96.7 cm³/mol. The van der Waals surface area contributed by atoms with Crippen molar-refractivity contribution < 1.29 is 4.79 Å². The molecule has 3 rings (SSSR count). The van der Waals surface area contributed by atoms with E-state index >= 15 is 0 Å². The third-order valence-corrected chi connectivity index (χ3v) is 5.29. The number of aromatic nitrogens is 3. The molecular weight excluding hydrogens is 326 g/mol. The van der Waals surface area contributed by atoms with Gasteiger partial charge in [-0.15, -0.1) is 17.5 Å². The first-order valence-electron chi connectivity index (χ1n) is 9.12. The highest BCUT2D eigenvalue weighted by Crippen LogP contribution is 2.24. The van der Waals surface area contributed by atoms with E-state index in [1.165, 1.54) is 19.3 Å². The monoisotopic (exact) mass is 355 g/mol. The molecule has 3 heterocycles. The number of piperidine rings is 2. The number of nitrogens with zero attached hydrogens (tertiary/aromatic N) is 4. The summed E-state index contributed by atoms with van der Waals surface area (Å²) in [6, 6.07) is 0.375. The van der Waals surface area contributed by atoms with Crippen LogP contribution >= 0.6 is 12.4 Å². The highest BCUT2D eigenvalue weighted by atomic mass is 35.5. The van der Waals surface area contributed by atoms with Crippen LogP contribution < -0.4 is 5.32 Å². The van der Waals surface area contributed by atoms with E-state index in [1.807, 2.05) is 16.5 Å². The van der Waals surface area contributed by atoms with E-state index < -0.39 is 0 Å². The summed E-state index contributed by atoms with van der Waals surface area (Å²) in [6.07, 6.45) is 6.87. The van der Waals surface area contributed by atoms with Gasteiger partial charge in [-0.2, -0.15) is 0 Å². The van der Waals surface area contributed by atoms with Crippen molar-refractivity contribution in [3.63, 3.8) is 0 Å². The summed E-state index contributed by atoms with van der Waals surface area (Å²) in [4.78, 5) is 14.9. The summed E-state index contributed by atoms with van der Waals surface area (Å²) in [7, 11) is 0. The highest BCUT2D eigenvalue weighted by molar-refractivity contribution is 5.93. The first kappa shape index (κ1) is 19.2. The third-order valence-electron chi connectivity index (χ3n) is 5.29. The predicted octanol–water partition coefficient (Wildman–Crippen LogP) is 2.59. The Bertz CT molecular complexity index is 539. The lowest BCUT2D eigenvalue weighted by atomic mass is 9.93. The van der Waals surface area contributed by atoms with Crippen molar-refractivity contribution in [1.82, 2.24) is 25.2 Å². The van der Waals surface area contributed by atoms with Crippen LogP contribution in [0.15, 0.2) is 0 Å². The minimum Gasteiger partial charge on any atom is -0.337 e. The Morgan fingerprint density at radius 1 is 1.29 bits per heavy atom. The first-order valence-corrected chi connectivity index (χ1v) is 9.12. The van der Waals surface area contributed by atoms with Crippen LogP contribution in [0.4, 0.5) is 0 Å². The van der Waals surface area contributed by atoms with Gasteiger partial charge in [0.05, 0.1) is 11.7 Å². The van der Waals surface area contributed by atoms with Gasteiger partial charge in [0.2, 0.25) is 0 Å². The van der Waals surface area contributed by atoms with E-state index in [0.717, 1.165) is 51.1 Å². The van der Waals surface area contributed by atoms with Gasteiger partial charge in [-0.25, -0.2) is 4.68 Å². The van der Waals surface area contributed by atoms with Gasteiger partial charge in [0.1, 0.15) is 0 Å². The van der Waals surface area contributed by atoms with Crippen molar-refractivity contribution in [2.75, 3.05) is 26.2 Å². The molecule has 2 saturated heterocycles. The van der Waals surface area contributed by atoms with Crippen LogP contribution in [-0.2, 0) is 0 Å². The quantitative estimate of drug-likeness (QED) is 0.901. The van der Waals surface area contributed by atoms with Crippen molar-refractivity contribution in [3.05, 3.63) is 11.4 Å². The van der Waals surface area contributed by atoms with Gasteiger partial charge in [0.15, 0.2) is 5.69 Å². The number of amides is 1. The Morgan fingerprint density at radius 2 is 2.04 bits per heavy atom. The standard InChI is InChI=1S/C17H29N5O.ClH/c1-3-5-14-6-4-11-21(12-14)17(23)16-13(2)22(20-19-16)15-7-9-18-10-8-15;/h14-15,18H,3-12H2,1-2H3;1H. The van der Waals surface area contributed by atoms with Gasteiger partial charge < -0.3 is 10.2 Å². The maximum atomic E-state index is 12.9. The molecule has 1 aromatic rings. The minimum absolute atomic E-state index is 0. The second-order valence-electron chi connectivity index (χ2n) is 7.00. The van der Waals surface area contributed by atoms with E-state index in [9.17, 15) is 4.79 Å². The molecule has 0 saturated carbocycles. The Labute approximate surface area is 150 Å². The summed E-state index contributed by atoms with van der Waals surface area (Å²) < 4.78 is 1.97. The van der Waals surface area contributed by atoms with Crippen molar-refractivity contribution in [1.29, 1.82) is 0 Å². The molecule has 0 bridgehead atoms. The average molecular weight is 356 g/mol. The zero-order valence-electron chi connectivity index (χ0n) is 14.8. The van der Waals surface area contributed by atoms with Crippen molar-refractivity contribution in [2.45, 2.75) is 58.4 Å². The average Bonchev–Trinajstić information content (AvgIpc) is 2.97. The molecule has 0 spiro atoms. The van der Waals surface area contributed by atoms with E-state index in [4.69, 9.17) is 0 Å². The first-order chi connectivity index (χ1) is 11.2. The number of carbonyl (C=O) groups is 1. The molecule has 1 unspecified atom stereocenters. The molecule has 1 atom stereocenters. The number of carbonyl (C=O) groups excluding carboxylic acids is 1. The Balaban J connectivity index is 0.00000208. The highest BCUT2D eigenvalue weighted by Gasteiger charge is 2.29. The van der Waals surface area contributed by atoms with Crippen LogP contribution in [0.3, 0.4) is 0 Å². The molecule has 1 aromatic heterocycles. The second-order valence-corrected chi connectivity index (χ2v) is 7.00. The van der Waals surface area contributed by atoms with E-state index in [2.05, 4.69) is 22.6 Å². The molecule has 2 aliphatic heterocycles. The smallest absolute Gasteiger partial charge is 0.276 e. The van der Waals surface area contributed by atoms with Gasteiger partial charge in [-0.1, -0.05) is 18.6 Å². The van der Waals surface area contributed by atoms with Gasteiger partial charge >= 0.3 is 0 Å². The van der Waals surface area contributed by atoms with E-state index in [0.29, 0.717) is 17.7 Å². The fourth-order valence-electron chi connectivity index (χ4n) is 3.98. The number of halogens is 1. The molecule has 0 radical (unpaired) electrons. The summed E-state index contributed by atoms with van der Waals surface area (Å²) in [5, 5.41) is 11.9. The summed E-state index contributed by atoms with van der Waals surface area (Å²) in [6.45, 7) is 7.97. The van der Waals surface area contributed by atoms with Gasteiger partial charge in [0.25, 0.3) is 5.91 Å². The molecule has 1 amide bonds. The molecule has 24 heavy (non-hydrogen) atoms. The lowest BCUT2D eigenvalue weighted by molar-refractivity contribution is 0.0660. The van der Waals surface area contributed by atoms with Crippen LogP contribution in [-0.4, -0.2) is 52.0 Å². The zero-order chi connectivity index (χ0) is 16.2. The van der Waals surface area contributed by atoms with Crippen LogP contribution in [0.1, 0.15) is 67.7 Å². The fourth-order valence-corrected chi connectivity index (χ4v) is 3.98. The Kier molecular flexibility index (Phi) is 7.04. The Hall–Kier alpha value is -1.14. The van der Waals surface area contributed by atoms with Crippen LogP contribution in [0.2, 0.25) is 0 Å². The number of rotatable bonds is 4.